The molecule has 7 heteroatoms. The summed E-state index contributed by atoms with van der Waals surface area (Å²) in [5.74, 6) is -0.879. The van der Waals surface area contributed by atoms with Crippen LogP contribution in [0.25, 0.3) is 10.8 Å². The predicted octanol–water partition coefficient (Wildman–Crippen LogP) is 4.85. The molecule has 142 valence electrons. The summed E-state index contributed by atoms with van der Waals surface area (Å²) in [5, 5.41) is 4.14. The Morgan fingerprint density at radius 1 is 1.04 bits per heavy atom. The molecule has 2 amide bonds. The van der Waals surface area contributed by atoms with E-state index in [1.165, 1.54) is 17.0 Å². The minimum absolute atomic E-state index is 0.0223. The van der Waals surface area contributed by atoms with Gasteiger partial charge in [-0.3, -0.25) is 14.5 Å². The summed E-state index contributed by atoms with van der Waals surface area (Å²) in [6, 6.07) is 14.3. The van der Waals surface area contributed by atoms with E-state index in [1.807, 2.05) is 12.1 Å². The second-order valence-electron chi connectivity index (χ2n) is 6.60. The molecule has 4 rings (SSSR count). The number of anilines is 2. The van der Waals surface area contributed by atoms with Crippen LogP contribution in [0.15, 0.2) is 60.7 Å². The van der Waals surface area contributed by atoms with Crippen LogP contribution in [0.2, 0.25) is 0 Å². The molecule has 0 saturated heterocycles. The number of amides is 2. The molecule has 1 atom stereocenters. The van der Waals surface area contributed by atoms with E-state index in [1.54, 1.807) is 31.2 Å². The zero-order valence-electron chi connectivity index (χ0n) is 14.7. The number of halogens is 3. The molecule has 1 N–H and O–H groups in total. The highest BCUT2D eigenvalue weighted by Gasteiger charge is 2.36. The van der Waals surface area contributed by atoms with Crippen molar-refractivity contribution in [1.82, 2.24) is 0 Å². The summed E-state index contributed by atoms with van der Waals surface area (Å²) in [6.07, 6.45) is -4.51. The van der Waals surface area contributed by atoms with Crippen LogP contribution in [0, 0.1) is 0 Å². The van der Waals surface area contributed by atoms with Crippen molar-refractivity contribution in [3.8, 4) is 0 Å². The third-order valence-electron chi connectivity index (χ3n) is 4.82. The smallest absolute Gasteiger partial charge is 0.324 e. The van der Waals surface area contributed by atoms with E-state index in [4.69, 9.17) is 0 Å². The molecular formula is C21H15F3N2O2. The lowest BCUT2D eigenvalue weighted by Gasteiger charge is -2.25. The topological polar surface area (TPSA) is 49.4 Å². The molecule has 0 saturated carbocycles. The molecule has 1 heterocycles. The summed E-state index contributed by atoms with van der Waals surface area (Å²) in [5.41, 5.74) is 0.290. The molecule has 0 radical (unpaired) electrons. The number of benzene rings is 3. The molecule has 0 unspecified atom stereocenters. The van der Waals surface area contributed by atoms with Gasteiger partial charge in [-0.1, -0.05) is 30.3 Å². The van der Waals surface area contributed by atoms with Gasteiger partial charge in [-0.05, 0) is 42.6 Å². The number of carbonyl (C=O) groups is 2. The van der Waals surface area contributed by atoms with Crippen LogP contribution in [-0.4, -0.2) is 17.9 Å². The van der Waals surface area contributed by atoms with Crippen LogP contribution in [0.3, 0.4) is 0 Å². The number of alkyl halides is 3. The third-order valence-corrected chi connectivity index (χ3v) is 4.82. The molecule has 1 aliphatic rings. The molecule has 3 aromatic rings. The maximum Gasteiger partial charge on any atom is 0.416 e. The second-order valence-corrected chi connectivity index (χ2v) is 6.60. The van der Waals surface area contributed by atoms with Gasteiger partial charge in [-0.15, -0.1) is 0 Å². The van der Waals surface area contributed by atoms with Crippen molar-refractivity contribution >= 4 is 34.0 Å². The molecule has 28 heavy (non-hydrogen) atoms. The van der Waals surface area contributed by atoms with Crippen molar-refractivity contribution in [3.05, 3.63) is 71.8 Å². The average molecular weight is 384 g/mol. The first-order valence-electron chi connectivity index (χ1n) is 8.61. The monoisotopic (exact) mass is 384 g/mol. The van der Waals surface area contributed by atoms with Crippen molar-refractivity contribution in [1.29, 1.82) is 0 Å². The fraction of sp³-hybridized carbons (Fsp3) is 0.143. The Kier molecular flexibility index (Phi) is 4.10. The molecule has 4 nitrogen and oxygen atoms in total. The van der Waals surface area contributed by atoms with Gasteiger partial charge in [0.15, 0.2) is 0 Å². The van der Waals surface area contributed by atoms with Crippen LogP contribution < -0.4 is 10.2 Å². The quantitative estimate of drug-likeness (QED) is 0.702. The Labute approximate surface area is 158 Å². The van der Waals surface area contributed by atoms with Crippen molar-refractivity contribution in [3.63, 3.8) is 0 Å². The molecule has 0 fully saturated rings. The van der Waals surface area contributed by atoms with E-state index < -0.39 is 23.7 Å². The summed E-state index contributed by atoms with van der Waals surface area (Å²) in [6.45, 7) is 1.55. The van der Waals surface area contributed by atoms with E-state index in [0.29, 0.717) is 11.3 Å². The first-order valence-corrected chi connectivity index (χ1v) is 8.61. The van der Waals surface area contributed by atoms with Gasteiger partial charge in [0.05, 0.1) is 11.3 Å². The van der Waals surface area contributed by atoms with Gasteiger partial charge in [-0.2, -0.15) is 13.2 Å². The lowest BCUT2D eigenvalue weighted by molar-refractivity contribution is -0.137. The first kappa shape index (κ1) is 18.0. The van der Waals surface area contributed by atoms with Gasteiger partial charge in [0.2, 0.25) is 5.91 Å². The highest BCUT2D eigenvalue weighted by Crippen LogP contribution is 2.38. The minimum Gasteiger partial charge on any atom is -0.324 e. The highest BCUT2D eigenvalue weighted by atomic mass is 19.4. The number of nitrogens with zero attached hydrogens (tertiary/aromatic N) is 1. The standard InChI is InChI=1S/C21H15F3N2O2/c1-12(19(27)25-15-8-4-7-14(11-15)21(22,23)24)26-17-10-3-6-13-5-2-9-16(18(13)17)20(26)28/h2-12H,1H3,(H,25,27)/t12-/m1/s1. The molecule has 1 aliphatic heterocycles. The average Bonchev–Trinajstić information content (AvgIpc) is 2.95. The summed E-state index contributed by atoms with van der Waals surface area (Å²) < 4.78 is 38.6. The normalized spacial score (nSPS) is 14.4. The Balaban J connectivity index is 1.62. The van der Waals surface area contributed by atoms with Crippen molar-refractivity contribution in [2.75, 3.05) is 10.2 Å². The summed E-state index contributed by atoms with van der Waals surface area (Å²) >= 11 is 0. The van der Waals surface area contributed by atoms with Crippen molar-refractivity contribution < 1.29 is 22.8 Å². The van der Waals surface area contributed by atoms with Gasteiger partial charge in [0.1, 0.15) is 6.04 Å². The third kappa shape index (κ3) is 2.89. The van der Waals surface area contributed by atoms with Crippen LogP contribution >= 0.6 is 0 Å². The SMILES string of the molecule is C[C@H](C(=O)Nc1cccc(C(F)(F)F)c1)N1C(=O)c2cccc3cccc1c23. The number of carbonyl (C=O) groups excluding carboxylic acids is 2. The molecule has 0 spiro atoms. The maximum absolute atomic E-state index is 12.9. The van der Waals surface area contributed by atoms with Crippen LogP contribution in [-0.2, 0) is 11.0 Å². The molecule has 3 aromatic carbocycles. The molecule has 0 aliphatic carbocycles. The fourth-order valence-electron chi connectivity index (χ4n) is 3.46. The first-order chi connectivity index (χ1) is 13.3. The maximum atomic E-state index is 12.9. The second kappa shape index (κ2) is 6.37. The molecular weight excluding hydrogens is 369 g/mol. The lowest BCUT2D eigenvalue weighted by Crippen LogP contribution is -2.44. The zero-order chi connectivity index (χ0) is 20.1. The Hall–Kier alpha value is -3.35. The van der Waals surface area contributed by atoms with Crippen LogP contribution in [0.5, 0.6) is 0 Å². The van der Waals surface area contributed by atoms with E-state index >= 15 is 0 Å². The van der Waals surface area contributed by atoms with Gasteiger partial charge < -0.3 is 5.32 Å². The van der Waals surface area contributed by atoms with Crippen LogP contribution in [0.1, 0.15) is 22.8 Å². The van der Waals surface area contributed by atoms with Gasteiger partial charge in [0.25, 0.3) is 5.91 Å². The number of nitrogens with one attached hydrogen (secondary N) is 1. The Morgan fingerprint density at radius 2 is 1.71 bits per heavy atom. The molecule has 0 bridgehead atoms. The van der Waals surface area contributed by atoms with Crippen molar-refractivity contribution in [2.24, 2.45) is 0 Å². The number of rotatable bonds is 3. The van der Waals surface area contributed by atoms with Gasteiger partial charge >= 0.3 is 6.18 Å². The largest absolute Gasteiger partial charge is 0.416 e. The summed E-state index contributed by atoms with van der Waals surface area (Å²) in [7, 11) is 0. The van der Waals surface area contributed by atoms with E-state index in [0.717, 1.165) is 22.9 Å². The Morgan fingerprint density at radius 3 is 2.43 bits per heavy atom. The number of hydrogen-bond donors (Lipinski definition) is 1. The van der Waals surface area contributed by atoms with Gasteiger partial charge in [-0.25, -0.2) is 0 Å². The zero-order valence-corrected chi connectivity index (χ0v) is 14.7. The summed E-state index contributed by atoms with van der Waals surface area (Å²) in [4.78, 5) is 26.9. The highest BCUT2D eigenvalue weighted by molar-refractivity contribution is 6.26. The van der Waals surface area contributed by atoms with Crippen LogP contribution in [0.4, 0.5) is 24.5 Å². The Bertz CT molecular complexity index is 1100. The fourth-order valence-corrected chi connectivity index (χ4v) is 3.46. The van der Waals surface area contributed by atoms with E-state index in [-0.39, 0.29) is 11.6 Å². The van der Waals surface area contributed by atoms with Gasteiger partial charge in [0, 0.05) is 16.6 Å². The molecule has 0 aromatic heterocycles. The lowest BCUT2D eigenvalue weighted by atomic mass is 10.1. The van der Waals surface area contributed by atoms with E-state index in [2.05, 4.69) is 5.32 Å². The minimum atomic E-state index is -4.51. The number of hydrogen-bond acceptors (Lipinski definition) is 2. The predicted molar refractivity (Wildman–Crippen MR) is 100 cm³/mol. The van der Waals surface area contributed by atoms with E-state index in [9.17, 15) is 22.8 Å². The van der Waals surface area contributed by atoms with Crippen molar-refractivity contribution in [2.45, 2.75) is 19.1 Å².